The van der Waals surface area contributed by atoms with Gasteiger partial charge in [-0.1, -0.05) is 12.1 Å². The molecular weight excluding hydrogens is 275 g/mol. The number of benzene rings is 1. The van der Waals surface area contributed by atoms with Gasteiger partial charge in [0.05, 0.1) is 12.5 Å². The Bertz CT molecular complexity index is 557. The number of hydrogen-bond donors (Lipinski definition) is 1. The van der Waals surface area contributed by atoms with E-state index in [9.17, 15) is 18.0 Å². The lowest BCUT2D eigenvalue weighted by molar-refractivity contribution is -0.274. The number of alkyl halides is 3. The van der Waals surface area contributed by atoms with Crippen molar-refractivity contribution < 1.29 is 22.7 Å². The van der Waals surface area contributed by atoms with Crippen LogP contribution >= 0.6 is 0 Å². The van der Waals surface area contributed by atoms with E-state index in [4.69, 9.17) is 5.73 Å². The van der Waals surface area contributed by atoms with Crippen LogP contribution in [-0.4, -0.2) is 30.2 Å². The molecule has 1 unspecified atom stereocenters. The molecule has 2 N–H and O–H groups in total. The fourth-order valence-corrected chi connectivity index (χ4v) is 1.83. The van der Waals surface area contributed by atoms with Crippen molar-refractivity contribution in [1.82, 2.24) is 4.90 Å². The van der Waals surface area contributed by atoms with Crippen molar-refractivity contribution in [2.24, 2.45) is 10.7 Å². The van der Waals surface area contributed by atoms with Crippen molar-refractivity contribution in [3.8, 4) is 5.75 Å². The van der Waals surface area contributed by atoms with Crippen LogP contribution < -0.4 is 10.5 Å². The number of guanidine groups is 1. The Morgan fingerprint density at radius 2 is 2.15 bits per heavy atom. The summed E-state index contributed by atoms with van der Waals surface area (Å²) in [6, 6.07) is 4.76. The molecule has 0 fully saturated rings. The minimum Gasteiger partial charge on any atom is -0.406 e. The average molecular weight is 287 g/mol. The normalized spacial score (nSPS) is 19.8. The van der Waals surface area contributed by atoms with Gasteiger partial charge < -0.3 is 10.5 Å². The van der Waals surface area contributed by atoms with E-state index < -0.39 is 12.4 Å². The van der Waals surface area contributed by atoms with Crippen molar-refractivity contribution in [2.45, 2.75) is 18.8 Å². The highest BCUT2D eigenvalue weighted by atomic mass is 19.4. The Balaban J connectivity index is 2.26. The third-order valence-corrected chi connectivity index (χ3v) is 2.85. The maximum atomic E-state index is 12.2. The van der Waals surface area contributed by atoms with Crippen molar-refractivity contribution in [1.29, 1.82) is 0 Å². The maximum absolute atomic E-state index is 12.2. The second-order valence-electron chi connectivity index (χ2n) is 4.28. The highest BCUT2D eigenvalue weighted by molar-refractivity contribution is 5.98. The lowest BCUT2D eigenvalue weighted by Crippen LogP contribution is -2.42. The summed E-state index contributed by atoms with van der Waals surface area (Å²) in [6.45, 7) is 0. The van der Waals surface area contributed by atoms with E-state index in [0.29, 0.717) is 5.56 Å². The van der Waals surface area contributed by atoms with E-state index in [-0.39, 0.29) is 24.0 Å². The first kappa shape index (κ1) is 14.2. The second kappa shape index (κ2) is 5.03. The summed E-state index contributed by atoms with van der Waals surface area (Å²) >= 11 is 0. The number of halogens is 3. The molecule has 0 saturated carbocycles. The van der Waals surface area contributed by atoms with Crippen molar-refractivity contribution >= 4 is 11.9 Å². The van der Waals surface area contributed by atoms with Crippen LogP contribution in [0.4, 0.5) is 13.2 Å². The van der Waals surface area contributed by atoms with Gasteiger partial charge in [0.2, 0.25) is 5.91 Å². The van der Waals surface area contributed by atoms with Crippen LogP contribution in [0.1, 0.15) is 18.0 Å². The summed E-state index contributed by atoms with van der Waals surface area (Å²) in [7, 11) is 1.49. The summed E-state index contributed by atoms with van der Waals surface area (Å²) in [6.07, 6.45) is -4.71. The largest absolute Gasteiger partial charge is 0.573 e. The number of nitrogens with zero attached hydrogens (tertiary/aromatic N) is 2. The van der Waals surface area contributed by atoms with Gasteiger partial charge in [0.25, 0.3) is 0 Å². The molecule has 5 nitrogen and oxygen atoms in total. The molecule has 0 radical (unpaired) electrons. The minimum atomic E-state index is -4.76. The first-order valence-corrected chi connectivity index (χ1v) is 5.72. The molecule has 0 aliphatic carbocycles. The molecule has 1 atom stereocenters. The molecular formula is C12H12F3N3O2. The topological polar surface area (TPSA) is 67.9 Å². The number of amides is 1. The summed E-state index contributed by atoms with van der Waals surface area (Å²) in [4.78, 5) is 16.9. The molecule has 0 bridgehead atoms. The summed E-state index contributed by atoms with van der Waals surface area (Å²) < 4.78 is 40.3. The molecule has 1 aromatic rings. The number of nitrogens with two attached hydrogens (primary N) is 1. The molecule has 20 heavy (non-hydrogen) atoms. The Labute approximate surface area is 112 Å². The molecule has 8 heteroatoms. The van der Waals surface area contributed by atoms with Crippen LogP contribution in [0.15, 0.2) is 29.3 Å². The summed E-state index contributed by atoms with van der Waals surface area (Å²) in [5, 5.41) is 0. The van der Waals surface area contributed by atoms with Gasteiger partial charge in [-0.05, 0) is 17.7 Å². The number of hydrogen-bond acceptors (Lipinski definition) is 4. The highest BCUT2D eigenvalue weighted by Crippen LogP contribution is 2.30. The zero-order valence-corrected chi connectivity index (χ0v) is 10.5. The minimum absolute atomic E-state index is 0.0355. The monoisotopic (exact) mass is 287 g/mol. The zero-order chi connectivity index (χ0) is 14.9. The lowest BCUT2D eigenvalue weighted by atomic mass is 10.0. The van der Waals surface area contributed by atoms with E-state index in [1.165, 1.54) is 30.1 Å². The Morgan fingerprint density at radius 1 is 1.45 bits per heavy atom. The number of rotatable bonds is 2. The molecule has 2 rings (SSSR count). The average Bonchev–Trinajstić information content (AvgIpc) is 2.33. The third kappa shape index (κ3) is 3.19. The van der Waals surface area contributed by atoms with Crippen molar-refractivity contribution in [3.05, 3.63) is 29.8 Å². The molecule has 0 spiro atoms. The van der Waals surface area contributed by atoms with Crippen molar-refractivity contribution in [3.63, 3.8) is 0 Å². The van der Waals surface area contributed by atoms with Crippen molar-refractivity contribution in [2.75, 3.05) is 7.05 Å². The van der Waals surface area contributed by atoms with Crippen LogP contribution in [0.5, 0.6) is 5.75 Å². The predicted molar refractivity (Wildman–Crippen MR) is 64.9 cm³/mol. The van der Waals surface area contributed by atoms with Crippen LogP contribution in [0.25, 0.3) is 0 Å². The summed E-state index contributed by atoms with van der Waals surface area (Å²) in [5.41, 5.74) is 6.02. The van der Waals surface area contributed by atoms with Gasteiger partial charge in [0, 0.05) is 7.05 Å². The number of aliphatic imine (C=N–C) groups is 1. The second-order valence-corrected chi connectivity index (χ2v) is 4.28. The number of carbonyl (C=O) groups excluding carboxylic acids is 1. The van der Waals surface area contributed by atoms with Crippen LogP contribution in [0.3, 0.4) is 0 Å². The maximum Gasteiger partial charge on any atom is 0.573 e. The van der Waals surface area contributed by atoms with E-state index in [2.05, 4.69) is 9.73 Å². The van der Waals surface area contributed by atoms with Gasteiger partial charge in [-0.2, -0.15) is 0 Å². The Kier molecular flexibility index (Phi) is 3.56. The molecule has 1 aliphatic heterocycles. The SMILES string of the molecule is CN1C(=O)CC(c2cccc(OC(F)(F)F)c2)N=C1N. The van der Waals surface area contributed by atoms with E-state index >= 15 is 0 Å². The van der Waals surface area contributed by atoms with Gasteiger partial charge in [-0.3, -0.25) is 9.69 Å². The van der Waals surface area contributed by atoms with Gasteiger partial charge in [-0.25, -0.2) is 4.99 Å². The first-order valence-electron chi connectivity index (χ1n) is 5.72. The van der Waals surface area contributed by atoms with Crippen LogP contribution in [0, 0.1) is 0 Å². The number of ether oxygens (including phenoxy) is 1. The third-order valence-electron chi connectivity index (χ3n) is 2.85. The van der Waals surface area contributed by atoms with Gasteiger partial charge >= 0.3 is 6.36 Å². The molecule has 1 amide bonds. The zero-order valence-electron chi connectivity index (χ0n) is 10.5. The van der Waals surface area contributed by atoms with E-state index in [1.807, 2.05) is 0 Å². The number of carbonyl (C=O) groups is 1. The molecule has 1 heterocycles. The standard InChI is InChI=1S/C12H12F3N3O2/c1-18-10(19)6-9(17-11(18)16)7-3-2-4-8(5-7)20-12(13,14)15/h2-5,9H,6H2,1H3,(H2,16,17). The Hall–Kier alpha value is -2.25. The molecule has 0 saturated heterocycles. The molecule has 0 aromatic heterocycles. The Morgan fingerprint density at radius 3 is 2.75 bits per heavy atom. The molecule has 108 valence electrons. The van der Waals surface area contributed by atoms with Gasteiger partial charge in [0.1, 0.15) is 5.75 Å². The predicted octanol–water partition coefficient (Wildman–Crippen LogP) is 1.80. The summed E-state index contributed by atoms with van der Waals surface area (Å²) in [5.74, 6) is -0.562. The van der Waals surface area contributed by atoms with Gasteiger partial charge in [-0.15, -0.1) is 13.2 Å². The fourth-order valence-electron chi connectivity index (χ4n) is 1.83. The first-order chi connectivity index (χ1) is 9.26. The molecule has 1 aliphatic rings. The smallest absolute Gasteiger partial charge is 0.406 e. The van der Waals surface area contributed by atoms with E-state index in [1.54, 1.807) is 6.07 Å². The quantitative estimate of drug-likeness (QED) is 0.902. The van der Waals surface area contributed by atoms with Crippen LogP contribution in [-0.2, 0) is 4.79 Å². The highest BCUT2D eigenvalue weighted by Gasteiger charge is 2.32. The molecule has 1 aromatic carbocycles. The van der Waals surface area contributed by atoms with Crippen LogP contribution in [0.2, 0.25) is 0 Å². The fraction of sp³-hybridized carbons (Fsp3) is 0.333. The van der Waals surface area contributed by atoms with Gasteiger partial charge in [0.15, 0.2) is 5.96 Å². The van der Waals surface area contributed by atoms with E-state index in [0.717, 1.165) is 0 Å². The lowest BCUT2D eigenvalue weighted by Gasteiger charge is -2.25.